The normalized spacial score (nSPS) is 37.3. The van der Waals surface area contributed by atoms with Gasteiger partial charge in [-0.15, -0.1) is 0 Å². The van der Waals surface area contributed by atoms with Crippen molar-refractivity contribution in [3.8, 4) is 0 Å². The standard InChI is InChI=1S/C19H32O2/c20-19(12-10-17(11-13-19)6-1-2-7-17)16-5-14-21-18(15-16)8-3-4-9-18/h16,20H,1-15H2. The van der Waals surface area contributed by atoms with E-state index < -0.39 is 0 Å². The van der Waals surface area contributed by atoms with Crippen LogP contribution in [0.15, 0.2) is 0 Å². The van der Waals surface area contributed by atoms with Crippen LogP contribution in [-0.2, 0) is 4.74 Å². The molecule has 4 aliphatic rings. The fraction of sp³-hybridized carbons (Fsp3) is 1.00. The largest absolute Gasteiger partial charge is 0.390 e. The van der Waals surface area contributed by atoms with Crippen molar-refractivity contribution in [1.29, 1.82) is 0 Å². The second-order valence-electron chi connectivity index (χ2n) is 8.74. The summed E-state index contributed by atoms with van der Waals surface area (Å²) in [5, 5.41) is 11.3. The second kappa shape index (κ2) is 5.23. The smallest absolute Gasteiger partial charge is 0.0686 e. The van der Waals surface area contributed by atoms with Gasteiger partial charge in [0.25, 0.3) is 0 Å². The van der Waals surface area contributed by atoms with Gasteiger partial charge in [-0.3, -0.25) is 0 Å². The maximum atomic E-state index is 11.3. The zero-order valence-corrected chi connectivity index (χ0v) is 13.5. The third-order valence-electron chi connectivity index (χ3n) is 7.61. The Kier molecular flexibility index (Phi) is 3.61. The molecule has 0 radical (unpaired) electrons. The van der Waals surface area contributed by atoms with Crippen molar-refractivity contribution in [2.24, 2.45) is 11.3 Å². The summed E-state index contributed by atoms with van der Waals surface area (Å²) in [4.78, 5) is 0. The van der Waals surface area contributed by atoms with E-state index in [1.165, 1.54) is 64.2 Å². The Labute approximate surface area is 129 Å². The number of rotatable bonds is 1. The van der Waals surface area contributed by atoms with Crippen molar-refractivity contribution in [2.45, 2.75) is 101 Å². The molecule has 120 valence electrons. The predicted octanol–water partition coefficient (Wildman–Crippen LogP) is 4.59. The molecule has 4 fully saturated rings. The molecular weight excluding hydrogens is 260 g/mol. The zero-order chi connectivity index (χ0) is 14.4. The minimum Gasteiger partial charge on any atom is -0.390 e. The average molecular weight is 292 g/mol. The summed E-state index contributed by atoms with van der Waals surface area (Å²) in [7, 11) is 0. The summed E-state index contributed by atoms with van der Waals surface area (Å²) >= 11 is 0. The Bertz CT molecular complexity index is 367. The van der Waals surface area contributed by atoms with Crippen LogP contribution in [-0.4, -0.2) is 22.9 Å². The lowest BCUT2D eigenvalue weighted by Crippen LogP contribution is -2.50. The molecule has 1 heterocycles. The van der Waals surface area contributed by atoms with Crippen molar-refractivity contribution < 1.29 is 9.84 Å². The molecule has 1 N–H and O–H groups in total. The van der Waals surface area contributed by atoms with Crippen molar-refractivity contribution in [1.82, 2.24) is 0 Å². The number of aliphatic hydroxyl groups is 1. The maximum absolute atomic E-state index is 11.3. The van der Waals surface area contributed by atoms with Gasteiger partial charge in [-0.1, -0.05) is 25.7 Å². The van der Waals surface area contributed by atoms with Crippen LogP contribution in [0, 0.1) is 11.3 Å². The van der Waals surface area contributed by atoms with Crippen molar-refractivity contribution in [3.63, 3.8) is 0 Å². The molecule has 0 aromatic carbocycles. The highest BCUT2D eigenvalue weighted by Gasteiger charge is 2.50. The van der Waals surface area contributed by atoms with Gasteiger partial charge in [0.15, 0.2) is 0 Å². The Balaban J connectivity index is 1.43. The van der Waals surface area contributed by atoms with E-state index in [1.54, 1.807) is 0 Å². The molecule has 0 aromatic rings. The first-order valence-electron chi connectivity index (χ1n) is 9.50. The van der Waals surface area contributed by atoms with Crippen LogP contribution in [0.25, 0.3) is 0 Å². The van der Waals surface area contributed by atoms with Gasteiger partial charge in [-0.2, -0.15) is 0 Å². The molecule has 1 saturated heterocycles. The van der Waals surface area contributed by atoms with Gasteiger partial charge in [-0.05, 0) is 75.5 Å². The highest BCUT2D eigenvalue weighted by Crippen LogP contribution is 2.55. The molecule has 1 atom stereocenters. The first-order chi connectivity index (χ1) is 10.1. The predicted molar refractivity (Wildman–Crippen MR) is 84.2 cm³/mol. The molecule has 4 rings (SSSR count). The highest BCUT2D eigenvalue weighted by atomic mass is 16.5. The van der Waals surface area contributed by atoms with E-state index in [0.717, 1.165) is 32.3 Å². The van der Waals surface area contributed by atoms with Crippen LogP contribution in [0.1, 0.15) is 89.9 Å². The van der Waals surface area contributed by atoms with Crippen LogP contribution in [0.2, 0.25) is 0 Å². The van der Waals surface area contributed by atoms with Gasteiger partial charge < -0.3 is 9.84 Å². The Morgan fingerprint density at radius 1 is 0.762 bits per heavy atom. The Hall–Kier alpha value is -0.0800. The number of hydrogen-bond acceptors (Lipinski definition) is 2. The topological polar surface area (TPSA) is 29.5 Å². The maximum Gasteiger partial charge on any atom is 0.0686 e. The molecule has 0 bridgehead atoms. The molecule has 2 spiro atoms. The molecule has 3 saturated carbocycles. The third kappa shape index (κ3) is 2.57. The van der Waals surface area contributed by atoms with E-state index in [-0.39, 0.29) is 11.2 Å². The van der Waals surface area contributed by atoms with Gasteiger partial charge in [-0.25, -0.2) is 0 Å². The second-order valence-corrected chi connectivity index (χ2v) is 8.74. The SMILES string of the molecule is OC1(C2CCOC3(CCCC3)C2)CCC2(CCCC2)CC1. The van der Waals surface area contributed by atoms with Crippen LogP contribution in [0.4, 0.5) is 0 Å². The number of hydrogen-bond donors (Lipinski definition) is 1. The lowest BCUT2D eigenvalue weighted by atomic mass is 9.62. The van der Waals surface area contributed by atoms with Crippen molar-refractivity contribution >= 4 is 0 Å². The van der Waals surface area contributed by atoms with Crippen LogP contribution in [0.5, 0.6) is 0 Å². The van der Waals surface area contributed by atoms with E-state index in [1.807, 2.05) is 0 Å². The van der Waals surface area contributed by atoms with Gasteiger partial charge in [0.1, 0.15) is 0 Å². The van der Waals surface area contributed by atoms with Gasteiger partial charge in [0, 0.05) is 6.61 Å². The lowest BCUT2D eigenvalue weighted by Gasteiger charge is -2.50. The van der Waals surface area contributed by atoms with E-state index in [4.69, 9.17) is 4.74 Å². The van der Waals surface area contributed by atoms with Crippen LogP contribution in [0.3, 0.4) is 0 Å². The Morgan fingerprint density at radius 2 is 1.38 bits per heavy atom. The van der Waals surface area contributed by atoms with Gasteiger partial charge in [0.05, 0.1) is 11.2 Å². The zero-order valence-electron chi connectivity index (χ0n) is 13.5. The summed E-state index contributed by atoms with van der Waals surface area (Å²) in [6.45, 7) is 0.887. The highest BCUT2D eigenvalue weighted by molar-refractivity contribution is 5.02. The summed E-state index contributed by atoms with van der Waals surface area (Å²) in [5.74, 6) is 0.503. The monoisotopic (exact) mass is 292 g/mol. The molecule has 3 aliphatic carbocycles. The molecule has 1 aliphatic heterocycles. The lowest BCUT2D eigenvalue weighted by molar-refractivity contribution is -0.157. The van der Waals surface area contributed by atoms with Crippen LogP contribution >= 0.6 is 0 Å². The van der Waals surface area contributed by atoms with Gasteiger partial charge >= 0.3 is 0 Å². The minimum absolute atomic E-state index is 0.154. The van der Waals surface area contributed by atoms with Crippen LogP contribution < -0.4 is 0 Å². The molecule has 0 aromatic heterocycles. The fourth-order valence-corrected chi connectivity index (χ4v) is 6.10. The minimum atomic E-state index is -0.368. The first-order valence-corrected chi connectivity index (χ1v) is 9.50. The van der Waals surface area contributed by atoms with Crippen molar-refractivity contribution in [3.05, 3.63) is 0 Å². The molecule has 1 unspecified atom stereocenters. The summed E-state index contributed by atoms with van der Waals surface area (Å²) < 4.78 is 6.17. The molecule has 0 amide bonds. The number of ether oxygens (including phenoxy) is 1. The van der Waals surface area contributed by atoms with E-state index in [0.29, 0.717) is 11.3 Å². The summed E-state index contributed by atoms with van der Waals surface area (Å²) in [6.07, 6.45) is 17.8. The van der Waals surface area contributed by atoms with Crippen molar-refractivity contribution in [2.75, 3.05) is 6.61 Å². The summed E-state index contributed by atoms with van der Waals surface area (Å²) in [5.41, 5.74) is 0.413. The molecule has 2 heteroatoms. The Morgan fingerprint density at radius 3 is 2.05 bits per heavy atom. The fourth-order valence-electron chi connectivity index (χ4n) is 6.10. The molecule has 2 nitrogen and oxygen atoms in total. The van der Waals surface area contributed by atoms with E-state index in [2.05, 4.69) is 0 Å². The average Bonchev–Trinajstić information content (AvgIpc) is 3.14. The summed E-state index contributed by atoms with van der Waals surface area (Å²) in [6, 6.07) is 0. The molecule has 21 heavy (non-hydrogen) atoms. The molecular formula is C19H32O2. The quantitative estimate of drug-likeness (QED) is 0.766. The van der Waals surface area contributed by atoms with E-state index >= 15 is 0 Å². The third-order valence-corrected chi connectivity index (χ3v) is 7.61. The first kappa shape index (κ1) is 14.5. The van der Waals surface area contributed by atoms with E-state index in [9.17, 15) is 5.11 Å². The van der Waals surface area contributed by atoms with Gasteiger partial charge in [0.2, 0.25) is 0 Å².